The van der Waals surface area contributed by atoms with Gasteiger partial charge in [-0.15, -0.1) is 0 Å². The van der Waals surface area contributed by atoms with Crippen LogP contribution >= 0.6 is 0 Å². The second kappa shape index (κ2) is 9.69. The van der Waals surface area contributed by atoms with E-state index in [2.05, 4.69) is 8.91 Å². The van der Waals surface area contributed by atoms with Gasteiger partial charge in [-0.05, 0) is 49.3 Å². The highest BCUT2D eigenvalue weighted by molar-refractivity contribution is 7.89. The van der Waals surface area contributed by atoms with Crippen molar-refractivity contribution in [2.45, 2.75) is 38.2 Å². The van der Waals surface area contributed by atoms with Crippen LogP contribution in [0.2, 0.25) is 0 Å². The minimum Gasteiger partial charge on any atom is -0.490 e. The van der Waals surface area contributed by atoms with Crippen LogP contribution in [0, 0.1) is 11.7 Å². The van der Waals surface area contributed by atoms with Gasteiger partial charge in [-0.2, -0.15) is 8.42 Å². The van der Waals surface area contributed by atoms with Gasteiger partial charge in [0.25, 0.3) is 10.1 Å². The molecule has 1 aliphatic carbocycles. The van der Waals surface area contributed by atoms with Crippen molar-refractivity contribution in [3.63, 3.8) is 0 Å². The molecular formula is C18H28FNO7S2. The van der Waals surface area contributed by atoms with E-state index in [0.29, 0.717) is 18.1 Å². The lowest BCUT2D eigenvalue weighted by molar-refractivity contribution is 0.0376. The lowest BCUT2D eigenvalue weighted by atomic mass is 9.91. The Morgan fingerprint density at radius 2 is 1.97 bits per heavy atom. The number of nitrogens with one attached hydrogen (secondary N) is 1. The summed E-state index contributed by atoms with van der Waals surface area (Å²) >= 11 is 0. The van der Waals surface area contributed by atoms with Crippen LogP contribution in [0.25, 0.3) is 0 Å². The monoisotopic (exact) mass is 453 g/mol. The van der Waals surface area contributed by atoms with Gasteiger partial charge >= 0.3 is 0 Å². The molecule has 2 rings (SSSR count). The maximum atomic E-state index is 14.0. The van der Waals surface area contributed by atoms with Crippen LogP contribution in [0.1, 0.15) is 38.2 Å². The minimum atomic E-state index is -3.77. The second-order valence-electron chi connectivity index (χ2n) is 7.30. The Labute approximate surface area is 171 Å². The molecule has 0 heterocycles. The molecule has 1 aliphatic rings. The molecule has 8 nitrogen and oxygen atoms in total. The minimum absolute atomic E-state index is 0.0251. The van der Waals surface area contributed by atoms with Crippen molar-refractivity contribution in [1.29, 1.82) is 0 Å². The first-order valence-corrected chi connectivity index (χ1v) is 12.9. The lowest BCUT2D eigenvalue weighted by Crippen LogP contribution is -2.41. The Morgan fingerprint density at radius 3 is 2.55 bits per heavy atom. The van der Waals surface area contributed by atoms with Crippen LogP contribution in [0.15, 0.2) is 18.2 Å². The molecule has 2 N–H and O–H groups in total. The highest BCUT2D eigenvalue weighted by Crippen LogP contribution is 2.32. The molecule has 1 saturated carbocycles. The number of sulfonamides is 1. The molecule has 0 radical (unpaired) electrons. The van der Waals surface area contributed by atoms with Gasteiger partial charge < -0.3 is 9.84 Å². The largest absolute Gasteiger partial charge is 0.490 e. The van der Waals surface area contributed by atoms with Gasteiger partial charge in [0, 0.05) is 6.54 Å². The van der Waals surface area contributed by atoms with Crippen molar-refractivity contribution >= 4 is 20.1 Å². The average molecular weight is 454 g/mol. The van der Waals surface area contributed by atoms with E-state index >= 15 is 0 Å². The summed E-state index contributed by atoms with van der Waals surface area (Å²) in [5, 5.41) is 10.9. The molecule has 0 aromatic heterocycles. The molecule has 29 heavy (non-hydrogen) atoms. The van der Waals surface area contributed by atoms with Gasteiger partial charge in [-0.25, -0.2) is 17.5 Å². The molecule has 11 heteroatoms. The fourth-order valence-electron chi connectivity index (χ4n) is 2.59. The fraction of sp³-hybridized carbons (Fsp3) is 0.667. The first kappa shape index (κ1) is 24.0. The third-order valence-electron chi connectivity index (χ3n) is 4.66. The topological polar surface area (TPSA) is 119 Å². The van der Waals surface area contributed by atoms with Gasteiger partial charge in [0.15, 0.2) is 11.6 Å². The zero-order valence-corrected chi connectivity index (χ0v) is 18.2. The summed E-state index contributed by atoms with van der Waals surface area (Å²) in [4.78, 5) is 0. The second-order valence-corrected chi connectivity index (χ2v) is 10.9. The Balaban J connectivity index is 1.98. The molecule has 0 amide bonds. The molecule has 166 valence electrons. The molecule has 0 aliphatic heterocycles. The predicted molar refractivity (Wildman–Crippen MR) is 106 cm³/mol. The van der Waals surface area contributed by atoms with Gasteiger partial charge in [0.1, 0.15) is 5.60 Å². The number of hydrogen-bond acceptors (Lipinski definition) is 7. The zero-order valence-electron chi connectivity index (χ0n) is 16.6. The van der Waals surface area contributed by atoms with E-state index in [1.807, 2.05) is 0 Å². The highest BCUT2D eigenvalue weighted by Gasteiger charge is 2.30. The Hall–Kier alpha value is -1.27. The smallest absolute Gasteiger partial charge is 0.264 e. The first-order chi connectivity index (χ1) is 13.4. The number of aliphatic hydroxyl groups is 1. The van der Waals surface area contributed by atoms with E-state index in [4.69, 9.17) is 4.74 Å². The maximum absolute atomic E-state index is 14.0. The molecule has 1 aromatic rings. The van der Waals surface area contributed by atoms with E-state index in [9.17, 15) is 26.3 Å². The van der Waals surface area contributed by atoms with Crippen LogP contribution in [-0.4, -0.2) is 53.7 Å². The van der Waals surface area contributed by atoms with Crippen molar-refractivity contribution in [3.05, 3.63) is 29.6 Å². The molecule has 1 atom stereocenters. The summed E-state index contributed by atoms with van der Waals surface area (Å²) in [7, 11) is -7.40. The number of rotatable bonds is 13. The normalized spacial score (nSPS) is 17.1. The SMILES string of the molecule is CC[C@@](O)(CNS(=O)(=O)CCCOS(C)(=O)=O)c1ccc(F)c(OCC2CC2)c1. The van der Waals surface area contributed by atoms with E-state index in [1.54, 1.807) is 6.92 Å². The third-order valence-corrected chi connectivity index (χ3v) is 6.67. The maximum Gasteiger partial charge on any atom is 0.264 e. The molecule has 0 bridgehead atoms. The molecule has 0 saturated heterocycles. The molecule has 1 aromatic carbocycles. The summed E-state index contributed by atoms with van der Waals surface area (Å²) in [5.74, 6) is -0.440. The van der Waals surface area contributed by atoms with Gasteiger partial charge in [-0.1, -0.05) is 13.0 Å². The Bertz CT molecular complexity index is 901. The van der Waals surface area contributed by atoms with Gasteiger partial charge in [-0.3, -0.25) is 4.18 Å². The van der Waals surface area contributed by atoms with E-state index in [-0.39, 0.29) is 37.5 Å². The van der Waals surface area contributed by atoms with Gasteiger partial charge in [0.2, 0.25) is 10.0 Å². The van der Waals surface area contributed by atoms with Crippen molar-refractivity contribution in [2.24, 2.45) is 5.92 Å². The zero-order chi connectivity index (χ0) is 21.7. The van der Waals surface area contributed by atoms with Crippen LogP contribution in [-0.2, 0) is 29.9 Å². The molecule has 1 fully saturated rings. The quantitative estimate of drug-likeness (QED) is 0.343. The van der Waals surface area contributed by atoms with Crippen LogP contribution in [0.4, 0.5) is 4.39 Å². The van der Waals surface area contributed by atoms with Crippen molar-refractivity contribution in [2.75, 3.05) is 31.8 Å². The van der Waals surface area contributed by atoms with Gasteiger partial charge in [0.05, 0.1) is 25.2 Å². The highest BCUT2D eigenvalue weighted by atomic mass is 32.2. The van der Waals surface area contributed by atoms with Crippen molar-refractivity contribution in [1.82, 2.24) is 4.72 Å². The standard InChI is InChI=1S/C18H28FNO7S2/c1-3-18(21,13-20-29(24,25)10-4-9-27-28(2,22)23)15-7-8-16(19)17(11-15)26-12-14-5-6-14/h7-8,11,14,20-21H,3-6,9-10,12-13H2,1-2H3/t18-/m1/s1. The number of halogens is 1. The molecular weight excluding hydrogens is 425 g/mol. The Kier molecular flexibility index (Phi) is 8.02. The number of benzene rings is 1. The van der Waals surface area contributed by atoms with Crippen LogP contribution in [0.5, 0.6) is 5.75 Å². The summed E-state index contributed by atoms with van der Waals surface area (Å²) in [5.41, 5.74) is -1.21. The van der Waals surface area contributed by atoms with Crippen LogP contribution < -0.4 is 9.46 Å². The fourth-order valence-corrected chi connectivity index (χ4v) is 4.11. The summed E-state index contributed by atoms with van der Waals surface area (Å²) in [6.45, 7) is 1.53. The number of ether oxygens (including phenoxy) is 1. The third kappa shape index (κ3) is 8.17. The molecule has 0 unspecified atom stereocenters. The van der Waals surface area contributed by atoms with E-state index in [1.165, 1.54) is 18.2 Å². The first-order valence-electron chi connectivity index (χ1n) is 9.41. The number of hydrogen-bond donors (Lipinski definition) is 2. The van der Waals surface area contributed by atoms with Crippen molar-refractivity contribution < 1.29 is 35.3 Å². The van der Waals surface area contributed by atoms with E-state index < -0.39 is 31.6 Å². The van der Waals surface area contributed by atoms with E-state index in [0.717, 1.165) is 19.1 Å². The lowest BCUT2D eigenvalue weighted by Gasteiger charge is -2.28. The summed E-state index contributed by atoms with van der Waals surface area (Å²) in [6.07, 6.45) is 3.14. The van der Waals surface area contributed by atoms with Crippen molar-refractivity contribution in [3.8, 4) is 5.75 Å². The average Bonchev–Trinajstić information content (AvgIpc) is 3.46. The predicted octanol–water partition coefficient (Wildman–Crippen LogP) is 1.50. The summed E-state index contributed by atoms with van der Waals surface area (Å²) in [6, 6.07) is 3.99. The van der Waals surface area contributed by atoms with Crippen LogP contribution in [0.3, 0.4) is 0 Å². The molecule has 0 spiro atoms. The Morgan fingerprint density at radius 1 is 1.28 bits per heavy atom. The summed E-state index contributed by atoms with van der Waals surface area (Å²) < 4.78 is 72.4.